The molecule has 2 aliphatic carbocycles. The predicted molar refractivity (Wildman–Crippen MR) is 183 cm³/mol. The van der Waals surface area contributed by atoms with Gasteiger partial charge in [-0.3, -0.25) is 19.3 Å². The van der Waals surface area contributed by atoms with Gasteiger partial charge in [0.25, 0.3) is 11.5 Å². The van der Waals surface area contributed by atoms with Crippen molar-refractivity contribution in [3.8, 4) is 0 Å². The molecule has 3 fully saturated rings. The van der Waals surface area contributed by atoms with Gasteiger partial charge in [0.05, 0.1) is 16.6 Å². The monoisotopic (exact) mass is 643 g/mol. The normalized spacial score (nSPS) is 18.6. The lowest BCUT2D eigenvalue weighted by Gasteiger charge is -2.37. The van der Waals surface area contributed by atoms with Crippen LogP contribution in [0.2, 0.25) is 0 Å². The quantitative estimate of drug-likeness (QED) is 0.247. The highest BCUT2D eigenvalue weighted by molar-refractivity contribution is 5.95. The molecule has 252 valence electrons. The molecule has 2 saturated carbocycles. The van der Waals surface area contributed by atoms with Crippen LogP contribution in [0, 0.1) is 23.6 Å². The van der Waals surface area contributed by atoms with E-state index in [1.807, 2.05) is 12.1 Å². The van der Waals surface area contributed by atoms with E-state index in [0.717, 1.165) is 50.0 Å². The van der Waals surface area contributed by atoms with Gasteiger partial charge in [0.1, 0.15) is 5.82 Å². The number of fused-ring (bicyclic) bond motifs is 1. The maximum atomic E-state index is 14.9. The molecular formula is C38H50FN5O3. The molecule has 1 aromatic heterocycles. The summed E-state index contributed by atoms with van der Waals surface area (Å²) in [5.41, 5.74) is 1.25. The Bertz CT molecular complexity index is 1550. The van der Waals surface area contributed by atoms with Crippen LogP contribution in [0.3, 0.4) is 0 Å². The summed E-state index contributed by atoms with van der Waals surface area (Å²) >= 11 is 0. The summed E-state index contributed by atoms with van der Waals surface area (Å²) in [6.07, 6.45) is 14.9. The summed E-state index contributed by atoms with van der Waals surface area (Å²) in [4.78, 5) is 43.1. The van der Waals surface area contributed by atoms with Crippen LogP contribution in [0.4, 0.5) is 4.39 Å². The minimum absolute atomic E-state index is 0.0696. The SMILES string of the molecule is O=C(NCCCCN1CCN(C(=O)c2cc(Cc3n[nH]c(=O)c4ccccc34)ccc2F)CC1)C(C1CCCCC1)C1CCCCC1. The number of carbonyl (C=O) groups is 2. The zero-order valence-corrected chi connectivity index (χ0v) is 27.7. The van der Waals surface area contributed by atoms with Crippen LogP contribution in [0.15, 0.2) is 47.3 Å². The first kappa shape index (κ1) is 33.3. The molecule has 3 aromatic rings. The van der Waals surface area contributed by atoms with Gasteiger partial charge in [0.15, 0.2) is 0 Å². The average Bonchev–Trinajstić information content (AvgIpc) is 3.11. The van der Waals surface area contributed by atoms with Crippen LogP contribution in [-0.2, 0) is 11.2 Å². The number of amides is 2. The number of piperazine rings is 1. The predicted octanol–water partition coefficient (Wildman–Crippen LogP) is 6.08. The van der Waals surface area contributed by atoms with E-state index in [4.69, 9.17) is 0 Å². The third-order valence-electron chi connectivity index (χ3n) is 10.9. The van der Waals surface area contributed by atoms with Crippen molar-refractivity contribution in [1.82, 2.24) is 25.3 Å². The number of halogens is 1. The van der Waals surface area contributed by atoms with Gasteiger partial charge in [-0.15, -0.1) is 0 Å². The van der Waals surface area contributed by atoms with Crippen LogP contribution in [0.25, 0.3) is 10.8 Å². The molecule has 1 aliphatic heterocycles. The van der Waals surface area contributed by atoms with Crippen molar-refractivity contribution in [3.05, 3.63) is 75.5 Å². The van der Waals surface area contributed by atoms with Gasteiger partial charge in [0, 0.05) is 50.4 Å². The van der Waals surface area contributed by atoms with Crippen molar-refractivity contribution in [1.29, 1.82) is 0 Å². The molecule has 47 heavy (non-hydrogen) atoms. The first-order valence-corrected chi connectivity index (χ1v) is 18.0. The molecule has 3 aliphatic rings. The molecule has 2 aromatic carbocycles. The minimum Gasteiger partial charge on any atom is -0.356 e. The maximum absolute atomic E-state index is 14.9. The van der Waals surface area contributed by atoms with E-state index >= 15 is 0 Å². The Labute approximate surface area is 277 Å². The molecule has 6 rings (SSSR count). The number of aromatic amines is 1. The molecule has 0 bridgehead atoms. The standard InChI is InChI=1S/C38H50FN5O3/c39-33-18-17-27(26-34-30-15-7-8-16-31(30)36(45)42-41-34)25-32(33)38(47)44-23-21-43(22-24-44)20-10-9-19-40-37(46)35(28-11-3-1-4-12-28)29-13-5-2-6-14-29/h7-8,15-18,25,28-29,35H,1-6,9-14,19-24,26H2,(H,40,46)(H,42,45). The Morgan fingerprint density at radius 2 is 1.53 bits per heavy atom. The number of rotatable bonds is 11. The van der Waals surface area contributed by atoms with E-state index in [0.29, 0.717) is 48.3 Å². The fourth-order valence-electron chi connectivity index (χ4n) is 8.28. The fourth-order valence-corrected chi connectivity index (χ4v) is 8.28. The Hall–Kier alpha value is -3.59. The lowest BCUT2D eigenvalue weighted by atomic mass is 9.69. The average molecular weight is 644 g/mol. The zero-order chi connectivity index (χ0) is 32.6. The molecular weight excluding hydrogens is 593 g/mol. The van der Waals surface area contributed by atoms with Crippen LogP contribution in [0.5, 0.6) is 0 Å². The maximum Gasteiger partial charge on any atom is 0.272 e. The number of hydrogen-bond acceptors (Lipinski definition) is 5. The number of H-pyrrole nitrogens is 1. The lowest BCUT2D eigenvalue weighted by molar-refractivity contribution is -0.130. The number of hydrogen-bond donors (Lipinski definition) is 2. The van der Waals surface area contributed by atoms with Gasteiger partial charge in [0.2, 0.25) is 5.91 Å². The fraction of sp³-hybridized carbons (Fsp3) is 0.579. The van der Waals surface area contributed by atoms with E-state index in [9.17, 15) is 18.8 Å². The van der Waals surface area contributed by atoms with Gasteiger partial charge in [-0.25, -0.2) is 9.49 Å². The number of aromatic nitrogens is 2. The Morgan fingerprint density at radius 3 is 2.21 bits per heavy atom. The van der Waals surface area contributed by atoms with Crippen molar-refractivity contribution >= 4 is 22.6 Å². The Kier molecular flexibility index (Phi) is 11.3. The number of carbonyl (C=O) groups excluding carboxylic acids is 2. The van der Waals surface area contributed by atoms with Gasteiger partial charge >= 0.3 is 0 Å². The topological polar surface area (TPSA) is 98.4 Å². The van der Waals surface area contributed by atoms with Crippen LogP contribution < -0.4 is 10.9 Å². The minimum atomic E-state index is -0.531. The van der Waals surface area contributed by atoms with E-state index in [-0.39, 0.29) is 22.9 Å². The summed E-state index contributed by atoms with van der Waals surface area (Å²) in [5, 5.41) is 11.4. The van der Waals surface area contributed by atoms with Crippen molar-refractivity contribution in [2.45, 2.75) is 83.5 Å². The summed E-state index contributed by atoms with van der Waals surface area (Å²) in [6, 6.07) is 11.9. The molecule has 0 unspecified atom stereocenters. The molecule has 2 heterocycles. The molecule has 9 heteroatoms. The van der Waals surface area contributed by atoms with Crippen LogP contribution >= 0.6 is 0 Å². The molecule has 0 radical (unpaired) electrons. The molecule has 0 spiro atoms. The van der Waals surface area contributed by atoms with E-state index in [2.05, 4.69) is 20.4 Å². The third kappa shape index (κ3) is 8.29. The third-order valence-corrected chi connectivity index (χ3v) is 10.9. The molecule has 2 N–H and O–H groups in total. The second-order valence-corrected chi connectivity index (χ2v) is 14.0. The van der Waals surface area contributed by atoms with Crippen LogP contribution in [-0.4, -0.2) is 71.1 Å². The number of benzene rings is 2. The zero-order valence-electron chi connectivity index (χ0n) is 27.7. The highest BCUT2D eigenvalue weighted by Crippen LogP contribution is 2.40. The Balaban J connectivity index is 0.955. The second-order valence-electron chi connectivity index (χ2n) is 14.0. The summed E-state index contributed by atoms with van der Waals surface area (Å²) < 4.78 is 14.9. The largest absolute Gasteiger partial charge is 0.356 e. The summed E-state index contributed by atoms with van der Waals surface area (Å²) in [6.45, 7) is 4.26. The van der Waals surface area contributed by atoms with Crippen molar-refractivity contribution in [3.63, 3.8) is 0 Å². The van der Waals surface area contributed by atoms with Gasteiger partial charge in [-0.1, -0.05) is 62.8 Å². The van der Waals surface area contributed by atoms with E-state index in [1.54, 1.807) is 29.2 Å². The first-order valence-electron chi connectivity index (χ1n) is 18.0. The van der Waals surface area contributed by atoms with Gasteiger partial charge in [-0.2, -0.15) is 5.10 Å². The van der Waals surface area contributed by atoms with E-state index in [1.165, 1.54) is 70.3 Å². The number of nitrogens with one attached hydrogen (secondary N) is 2. The van der Waals surface area contributed by atoms with Gasteiger partial charge < -0.3 is 10.2 Å². The van der Waals surface area contributed by atoms with E-state index < -0.39 is 5.82 Å². The number of nitrogens with zero attached hydrogens (tertiary/aromatic N) is 3. The first-order chi connectivity index (χ1) is 23.0. The Morgan fingerprint density at radius 1 is 0.872 bits per heavy atom. The molecule has 8 nitrogen and oxygen atoms in total. The van der Waals surface area contributed by atoms with Crippen molar-refractivity contribution in [2.24, 2.45) is 17.8 Å². The van der Waals surface area contributed by atoms with Crippen molar-refractivity contribution < 1.29 is 14.0 Å². The summed E-state index contributed by atoms with van der Waals surface area (Å²) in [5.74, 6) is 0.806. The molecule has 2 amide bonds. The lowest BCUT2D eigenvalue weighted by Crippen LogP contribution is -2.49. The molecule has 0 atom stereocenters. The van der Waals surface area contributed by atoms with Gasteiger partial charge in [-0.05, 0) is 80.7 Å². The number of unbranched alkanes of at least 4 members (excludes halogenated alkanes) is 1. The van der Waals surface area contributed by atoms with Crippen molar-refractivity contribution in [2.75, 3.05) is 39.3 Å². The second kappa shape index (κ2) is 16.0. The summed E-state index contributed by atoms with van der Waals surface area (Å²) in [7, 11) is 0. The van der Waals surface area contributed by atoms with Crippen LogP contribution in [0.1, 0.15) is 98.7 Å². The highest BCUT2D eigenvalue weighted by atomic mass is 19.1. The smallest absolute Gasteiger partial charge is 0.272 e. The highest BCUT2D eigenvalue weighted by Gasteiger charge is 2.36. The molecule has 1 saturated heterocycles.